The van der Waals surface area contributed by atoms with Gasteiger partial charge in [-0.05, 0) is 94.0 Å². The van der Waals surface area contributed by atoms with Gasteiger partial charge >= 0.3 is 0 Å². The summed E-state index contributed by atoms with van der Waals surface area (Å²) in [7, 11) is 0. The average molecular weight is 770 g/mol. The smallest absolute Gasteiger partial charge is 0.233 e. The van der Waals surface area contributed by atoms with Crippen LogP contribution in [0.25, 0.3) is 110 Å². The molecule has 60 heavy (non-hydrogen) atoms. The van der Waals surface area contributed by atoms with Crippen molar-refractivity contribution >= 4 is 92.9 Å². The molecule has 0 radical (unpaired) electrons. The SMILES string of the molecule is C[C@H]1C=CN=C(c2ccc3c(c2)oc2nc(-c4ccc5c6ccccc6n(-c6ccccc6)c5c4)nc(-n4c5cc6ccccc6cc5c5c6ccccc6ccc54)c23)C1. The van der Waals surface area contributed by atoms with Crippen molar-refractivity contribution in [2.75, 3.05) is 0 Å². The molecule has 0 N–H and O–H groups in total. The Labute approximate surface area is 344 Å². The second kappa shape index (κ2) is 12.6. The van der Waals surface area contributed by atoms with Gasteiger partial charge in [-0.1, -0.05) is 122 Å². The van der Waals surface area contributed by atoms with Crippen molar-refractivity contribution in [2.45, 2.75) is 13.3 Å². The molecule has 0 unspecified atom stereocenters. The van der Waals surface area contributed by atoms with Gasteiger partial charge in [0.25, 0.3) is 0 Å². The molecule has 1 atom stereocenters. The van der Waals surface area contributed by atoms with E-state index in [4.69, 9.17) is 19.4 Å². The topological polar surface area (TPSA) is 61.1 Å². The number of hydrogen-bond donors (Lipinski definition) is 0. The Morgan fingerprint density at radius 1 is 0.517 bits per heavy atom. The maximum Gasteiger partial charge on any atom is 0.233 e. The fourth-order valence-corrected chi connectivity index (χ4v) is 9.69. The first kappa shape index (κ1) is 33.2. The number of aliphatic imine (C=N–C) groups is 1. The number of aromatic nitrogens is 4. The molecule has 1 aliphatic heterocycles. The number of hydrogen-bond acceptors (Lipinski definition) is 4. The summed E-state index contributed by atoms with van der Waals surface area (Å²) in [6.45, 7) is 2.23. The normalized spacial score (nSPS) is 14.6. The van der Waals surface area contributed by atoms with Crippen LogP contribution in [0.15, 0.2) is 185 Å². The Bertz CT molecular complexity index is 3830. The lowest BCUT2D eigenvalue weighted by molar-refractivity contribution is 0.653. The minimum atomic E-state index is 0.421. The fourth-order valence-electron chi connectivity index (χ4n) is 9.69. The van der Waals surface area contributed by atoms with E-state index in [1.54, 1.807) is 0 Å². The van der Waals surface area contributed by atoms with Crippen LogP contribution in [0.4, 0.5) is 0 Å². The highest BCUT2D eigenvalue weighted by atomic mass is 16.3. The standard InChI is InChI=1S/C54H35N5O/c1-32-25-26-55-44(27-32)36-19-23-42-49(31-36)60-54-51(42)53(59-46-24-21-33-11-7-8-16-39(33)50(46)43-28-34-12-5-6-13-35(34)29-48(43)59)56-52(57-54)37-20-22-41-40-17-9-10-18-45(40)58(47(41)30-37)38-14-3-2-4-15-38/h2-26,28-32H,27H2,1H3/t32-/m0/s1. The summed E-state index contributed by atoms with van der Waals surface area (Å²) in [6.07, 6.45) is 4.95. The van der Waals surface area contributed by atoms with Gasteiger partial charge in [0, 0.05) is 50.1 Å². The molecule has 0 bridgehead atoms. The Balaban J connectivity index is 1.14. The third-order valence-corrected chi connectivity index (χ3v) is 12.5. The Kier molecular flexibility index (Phi) is 6.96. The molecule has 6 heteroatoms. The van der Waals surface area contributed by atoms with Gasteiger partial charge < -0.3 is 8.98 Å². The molecule has 8 aromatic carbocycles. The molecule has 12 aromatic rings. The van der Waals surface area contributed by atoms with E-state index in [-0.39, 0.29) is 0 Å². The summed E-state index contributed by atoms with van der Waals surface area (Å²) >= 11 is 0. The van der Waals surface area contributed by atoms with Crippen molar-refractivity contribution in [3.63, 3.8) is 0 Å². The van der Waals surface area contributed by atoms with Crippen LogP contribution in [0, 0.1) is 5.92 Å². The molecule has 0 fully saturated rings. The maximum absolute atomic E-state index is 6.86. The van der Waals surface area contributed by atoms with E-state index in [2.05, 4.69) is 186 Å². The van der Waals surface area contributed by atoms with Crippen LogP contribution in [-0.4, -0.2) is 24.8 Å². The quantitative estimate of drug-likeness (QED) is 0.179. The predicted octanol–water partition coefficient (Wildman–Crippen LogP) is 13.9. The van der Waals surface area contributed by atoms with Gasteiger partial charge in [0.1, 0.15) is 5.58 Å². The highest BCUT2D eigenvalue weighted by Gasteiger charge is 2.25. The van der Waals surface area contributed by atoms with Crippen LogP contribution in [-0.2, 0) is 0 Å². The van der Waals surface area contributed by atoms with Gasteiger partial charge in [-0.25, -0.2) is 4.98 Å². The van der Waals surface area contributed by atoms with E-state index in [1.807, 2.05) is 6.20 Å². The number of fused-ring (bicyclic) bond motifs is 12. The van der Waals surface area contributed by atoms with Gasteiger partial charge in [0.15, 0.2) is 11.6 Å². The Hall–Kier alpha value is -7.83. The summed E-state index contributed by atoms with van der Waals surface area (Å²) in [5, 5.41) is 11.4. The van der Waals surface area contributed by atoms with Crippen molar-refractivity contribution in [3.05, 3.63) is 182 Å². The highest BCUT2D eigenvalue weighted by molar-refractivity contribution is 6.24. The molecule has 0 aliphatic carbocycles. The molecule has 1 aliphatic rings. The summed E-state index contributed by atoms with van der Waals surface area (Å²) < 4.78 is 11.5. The lowest BCUT2D eigenvalue weighted by Crippen LogP contribution is -2.08. The van der Waals surface area contributed by atoms with Crippen LogP contribution >= 0.6 is 0 Å². The molecule has 0 spiro atoms. The summed E-state index contributed by atoms with van der Waals surface area (Å²) in [5.74, 6) is 1.79. The second-order valence-electron chi connectivity index (χ2n) is 16.1. The van der Waals surface area contributed by atoms with Crippen molar-refractivity contribution in [3.8, 4) is 22.9 Å². The van der Waals surface area contributed by atoms with Gasteiger partial charge in [-0.3, -0.25) is 9.56 Å². The summed E-state index contributed by atoms with van der Waals surface area (Å²) in [6, 6.07) is 58.6. The van der Waals surface area contributed by atoms with Gasteiger partial charge in [0.2, 0.25) is 5.71 Å². The van der Waals surface area contributed by atoms with Crippen LogP contribution in [0.5, 0.6) is 0 Å². The summed E-state index contributed by atoms with van der Waals surface area (Å²) in [5.41, 5.74) is 9.82. The molecule has 6 nitrogen and oxygen atoms in total. The molecular formula is C54H35N5O. The van der Waals surface area contributed by atoms with Crippen molar-refractivity contribution < 1.29 is 4.42 Å². The van der Waals surface area contributed by atoms with Crippen LogP contribution < -0.4 is 0 Å². The molecule has 282 valence electrons. The van der Waals surface area contributed by atoms with Crippen molar-refractivity contribution in [2.24, 2.45) is 10.9 Å². The Morgan fingerprint density at radius 2 is 1.23 bits per heavy atom. The lowest BCUT2D eigenvalue weighted by Gasteiger charge is -2.13. The average Bonchev–Trinajstić information content (AvgIpc) is 3.95. The van der Waals surface area contributed by atoms with E-state index in [0.29, 0.717) is 17.5 Å². The van der Waals surface area contributed by atoms with Crippen molar-refractivity contribution in [1.82, 2.24) is 19.1 Å². The maximum atomic E-state index is 6.86. The zero-order chi connectivity index (χ0) is 39.5. The van der Waals surface area contributed by atoms with E-state index in [9.17, 15) is 0 Å². The predicted molar refractivity (Wildman–Crippen MR) is 248 cm³/mol. The molecule has 4 aromatic heterocycles. The number of para-hydroxylation sites is 2. The molecular weight excluding hydrogens is 735 g/mol. The molecule has 0 saturated heterocycles. The monoisotopic (exact) mass is 769 g/mol. The molecule has 0 amide bonds. The van der Waals surface area contributed by atoms with Crippen molar-refractivity contribution in [1.29, 1.82) is 0 Å². The zero-order valence-electron chi connectivity index (χ0n) is 32.7. The molecule has 0 saturated carbocycles. The van der Waals surface area contributed by atoms with E-state index >= 15 is 0 Å². The lowest BCUT2D eigenvalue weighted by atomic mass is 9.96. The zero-order valence-corrected chi connectivity index (χ0v) is 32.7. The first-order valence-corrected chi connectivity index (χ1v) is 20.6. The van der Waals surface area contributed by atoms with Gasteiger partial charge in [-0.2, -0.15) is 4.98 Å². The number of furan rings is 1. The third-order valence-electron chi connectivity index (χ3n) is 12.5. The van der Waals surface area contributed by atoms with E-state index in [1.165, 1.54) is 43.1 Å². The highest BCUT2D eigenvalue weighted by Crippen LogP contribution is 2.43. The first-order chi connectivity index (χ1) is 29.6. The number of nitrogens with zero attached hydrogens (tertiary/aromatic N) is 5. The molecule has 13 rings (SSSR count). The molecule has 5 heterocycles. The van der Waals surface area contributed by atoms with E-state index in [0.717, 1.165) is 73.2 Å². The van der Waals surface area contributed by atoms with Gasteiger partial charge in [0.05, 0.1) is 27.5 Å². The van der Waals surface area contributed by atoms with Crippen LogP contribution in [0.2, 0.25) is 0 Å². The van der Waals surface area contributed by atoms with Crippen LogP contribution in [0.1, 0.15) is 18.9 Å². The number of benzene rings is 8. The Morgan fingerprint density at radius 3 is 2.10 bits per heavy atom. The minimum Gasteiger partial charge on any atom is -0.437 e. The number of allylic oxidation sites excluding steroid dienone is 1. The summed E-state index contributed by atoms with van der Waals surface area (Å²) in [4.78, 5) is 15.7. The fraction of sp³-hybridized carbons (Fsp3) is 0.0556. The minimum absolute atomic E-state index is 0.421. The van der Waals surface area contributed by atoms with Gasteiger partial charge in [-0.15, -0.1) is 0 Å². The number of rotatable bonds is 4. The first-order valence-electron chi connectivity index (χ1n) is 20.6. The third kappa shape index (κ3) is 4.85. The largest absolute Gasteiger partial charge is 0.437 e. The van der Waals surface area contributed by atoms with Crippen LogP contribution in [0.3, 0.4) is 0 Å². The van der Waals surface area contributed by atoms with E-state index < -0.39 is 0 Å². The second-order valence-corrected chi connectivity index (χ2v) is 16.1.